The maximum absolute atomic E-state index is 3.36. The van der Waals surface area contributed by atoms with Crippen LogP contribution in [0.25, 0.3) is 0 Å². The van der Waals surface area contributed by atoms with E-state index in [0.717, 1.165) is 0 Å². The van der Waals surface area contributed by atoms with E-state index in [9.17, 15) is 0 Å². The van der Waals surface area contributed by atoms with E-state index in [1.54, 1.807) is 0 Å². The van der Waals surface area contributed by atoms with Gasteiger partial charge in [0, 0.05) is 5.92 Å². The van der Waals surface area contributed by atoms with Gasteiger partial charge in [-0.3, -0.25) is 4.98 Å². The first-order valence-electron chi connectivity index (χ1n) is 19.4. The lowest BCUT2D eigenvalue weighted by Crippen LogP contribution is -2.42. The van der Waals surface area contributed by atoms with Gasteiger partial charge in [0.1, 0.15) is 18.4 Å². The summed E-state index contributed by atoms with van der Waals surface area (Å²) in [4.78, 5) is 3.36. The number of aromatic amines is 1. The highest BCUT2D eigenvalue weighted by molar-refractivity contribution is 5.15. The summed E-state index contributed by atoms with van der Waals surface area (Å²) in [5, 5.41) is 0. The van der Waals surface area contributed by atoms with Crippen LogP contribution >= 0.6 is 0 Å². The average Bonchev–Trinajstić information content (AvgIpc) is 3.57. The van der Waals surface area contributed by atoms with Crippen molar-refractivity contribution in [1.82, 2.24) is 4.98 Å². The first-order chi connectivity index (χ1) is 21.3. The number of nitrogens with one attached hydrogen (secondary N) is 1. The quantitative estimate of drug-likeness (QED) is 0.0662. The molecular weight excluding hydrogens is 520 g/mol. The summed E-state index contributed by atoms with van der Waals surface area (Å²) in [6, 6.07) is 11.9. The van der Waals surface area contributed by atoms with Crippen molar-refractivity contribution in [3.8, 4) is 0 Å². The van der Waals surface area contributed by atoms with Crippen molar-refractivity contribution in [2.75, 3.05) is 0 Å². The third kappa shape index (κ3) is 20.2. The lowest BCUT2D eigenvalue weighted by Gasteiger charge is -2.25. The predicted molar refractivity (Wildman–Crippen MR) is 190 cm³/mol. The van der Waals surface area contributed by atoms with Crippen molar-refractivity contribution in [3.05, 3.63) is 54.6 Å². The van der Waals surface area contributed by atoms with Gasteiger partial charge in [0.05, 0.1) is 0 Å². The molecule has 1 aromatic carbocycles. The molecule has 1 heterocycles. The van der Waals surface area contributed by atoms with Gasteiger partial charge in [-0.2, -0.15) is 0 Å². The molecule has 2 nitrogen and oxygen atoms in total. The van der Waals surface area contributed by atoms with Gasteiger partial charge in [-0.05, 0) is 31.2 Å². The average molecular weight is 594 g/mol. The van der Waals surface area contributed by atoms with Gasteiger partial charge in [-0.25, -0.2) is 4.57 Å². The number of aromatic nitrogens is 2. The second kappa shape index (κ2) is 27.9. The highest BCUT2D eigenvalue weighted by Crippen LogP contribution is 2.29. The number of imidazole rings is 1. The van der Waals surface area contributed by atoms with Gasteiger partial charge in [-0.1, -0.05) is 198 Å². The molecule has 0 radical (unpaired) electrons. The third-order valence-electron chi connectivity index (χ3n) is 9.87. The molecule has 1 N–H and O–H groups in total. The number of unbranched alkanes of at least 4 members (excludes halogenated alkanes) is 23. The lowest BCUT2D eigenvalue weighted by atomic mass is 9.84. The molecule has 0 aliphatic carbocycles. The molecule has 2 rings (SSSR count). The smallest absolute Gasteiger partial charge is 0.241 e. The standard InChI is InChI=1S/C41H72N2/c1-3-5-7-9-11-13-15-16-17-19-21-23-25-30-34-41(43-36-35-42-38-43)40(37-39-31-27-26-28-32-39)33-29-24-22-20-18-14-12-10-8-6-4-2/h26-28,31-32,35-36,38,40-41H,3-25,29-30,33-34,37H2,1-2H3/p+1. The molecule has 2 atom stereocenters. The van der Waals surface area contributed by atoms with Gasteiger partial charge >= 0.3 is 0 Å². The molecule has 1 aromatic heterocycles. The first kappa shape index (κ1) is 37.6. The lowest BCUT2D eigenvalue weighted by molar-refractivity contribution is -0.730. The fourth-order valence-corrected chi connectivity index (χ4v) is 7.10. The van der Waals surface area contributed by atoms with Crippen molar-refractivity contribution in [2.45, 2.75) is 200 Å². The third-order valence-corrected chi connectivity index (χ3v) is 9.87. The van der Waals surface area contributed by atoms with Crippen LogP contribution in [0.2, 0.25) is 0 Å². The first-order valence-corrected chi connectivity index (χ1v) is 19.4. The zero-order valence-electron chi connectivity index (χ0n) is 29.0. The van der Waals surface area contributed by atoms with Crippen molar-refractivity contribution in [1.29, 1.82) is 0 Å². The minimum atomic E-state index is 0.604. The number of benzene rings is 1. The fraction of sp³-hybridized carbons (Fsp3) is 0.780. The number of rotatable bonds is 31. The molecule has 0 bridgehead atoms. The van der Waals surface area contributed by atoms with Crippen LogP contribution in [0.4, 0.5) is 0 Å². The summed E-state index contributed by atoms with van der Waals surface area (Å²) in [5.74, 6) is 0.712. The van der Waals surface area contributed by atoms with Gasteiger partial charge in [0.25, 0.3) is 0 Å². The Morgan fingerprint density at radius 1 is 0.512 bits per heavy atom. The molecule has 0 amide bonds. The maximum atomic E-state index is 3.36. The number of nitrogens with zero attached hydrogens (tertiary/aromatic N) is 1. The Labute approximate surface area is 269 Å². The molecule has 0 fully saturated rings. The van der Waals surface area contributed by atoms with E-state index in [0.29, 0.717) is 12.0 Å². The molecule has 0 aliphatic rings. The molecule has 2 unspecified atom stereocenters. The summed E-state index contributed by atoms with van der Waals surface area (Å²) >= 11 is 0. The zero-order chi connectivity index (χ0) is 30.5. The van der Waals surface area contributed by atoms with E-state index in [1.165, 1.54) is 185 Å². The van der Waals surface area contributed by atoms with Crippen LogP contribution in [-0.4, -0.2) is 4.98 Å². The van der Waals surface area contributed by atoms with E-state index < -0.39 is 0 Å². The van der Waals surface area contributed by atoms with Gasteiger partial charge < -0.3 is 0 Å². The predicted octanol–water partition coefficient (Wildman–Crippen LogP) is 13.3. The molecule has 2 heteroatoms. The van der Waals surface area contributed by atoms with Crippen molar-refractivity contribution >= 4 is 0 Å². The summed E-state index contributed by atoms with van der Waals surface area (Å²) in [6.07, 6.45) is 46.2. The molecular formula is C41H73N2+. The van der Waals surface area contributed by atoms with Gasteiger partial charge in [0.15, 0.2) is 0 Å². The second-order valence-electron chi connectivity index (χ2n) is 13.8. The summed E-state index contributed by atoms with van der Waals surface area (Å²) in [7, 11) is 0. The highest BCUT2D eigenvalue weighted by Gasteiger charge is 2.26. The van der Waals surface area contributed by atoms with E-state index in [4.69, 9.17) is 0 Å². The molecule has 246 valence electrons. The molecule has 2 aromatic rings. The number of H-pyrrole nitrogens is 1. The Balaban J connectivity index is 1.69. The number of hydrogen-bond acceptors (Lipinski definition) is 0. The number of hydrogen-bond donors (Lipinski definition) is 1. The molecule has 0 saturated heterocycles. The Morgan fingerprint density at radius 3 is 1.35 bits per heavy atom. The zero-order valence-corrected chi connectivity index (χ0v) is 29.0. The Hall–Kier alpha value is -1.57. The van der Waals surface area contributed by atoms with E-state index in [2.05, 4.69) is 72.5 Å². The Kier molecular flexibility index (Phi) is 24.4. The summed E-state index contributed by atoms with van der Waals surface area (Å²) < 4.78 is 2.51. The van der Waals surface area contributed by atoms with Crippen LogP contribution in [0.1, 0.15) is 199 Å². The van der Waals surface area contributed by atoms with Crippen LogP contribution in [0.3, 0.4) is 0 Å². The molecule has 0 spiro atoms. The van der Waals surface area contributed by atoms with Crippen LogP contribution in [0.15, 0.2) is 49.1 Å². The topological polar surface area (TPSA) is 19.7 Å². The molecule has 0 saturated carbocycles. The maximum Gasteiger partial charge on any atom is 0.241 e. The molecule has 43 heavy (non-hydrogen) atoms. The summed E-state index contributed by atoms with van der Waals surface area (Å²) in [6.45, 7) is 4.62. The fourth-order valence-electron chi connectivity index (χ4n) is 7.10. The Morgan fingerprint density at radius 2 is 0.930 bits per heavy atom. The van der Waals surface area contributed by atoms with Crippen LogP contribution < -0.4 is 4.57 Å². The molecule has 0 aliphatic heterocycles. The van der Waals surface area contributed by atoms with Crippen LogP contribution in [0, 0.1) is 5.92 Å². The van der Waals surface area contributed by atoms with Crippen LogP contribution in [0.5, 0.6) is 0 Å². The monoisotopic (exact) mass is 594 g/mol. The van der Waals surface area contributed by atoms with Crippen molar-refractivity contribution < 1.29 is 4.57 Å². The van der Waals surface area contributed by atoms with Crippen molar-refractivity contribution in [2.24, 2.45) is 5.92 Å². The highest BCUT2D eigenvalue weighted by atomic mass is 15.1. The van der Waals surface area contributed by atoms with Crippen LogP contribution in [-0.2, 0) is 6.42 Å². The largest absolute Gasteiger partial charge is 0.250 e. The summed E-state index contributed by atoms with van der Waals surface area (Å²) in [5.41, 5.74) is 1.51. The second-order valence-corrected chi connectivity index (χ2v) is 13.8. The van der Waals surface area contributed by atoms with Crippen molar-refractivity contribution in [3.63, 3.8) is 0 Å². The minimum Gasteiger partial charge on any atom is -0.250 e. The van der Waals surface area contributed by atoms with E-state index in [1.807, 2.05) is 0 Å². The van der Waals surface area contributed by atoms with Gasteiger partial charge in [0.2, 0.25) is 6.33 Å². The van der Waals surface area contributed by atoms with E-state index >= 15 is 0 Å². The van der Waals surface area contributed by atoms with Gasteiger partial charge in [-0.15, -0.1) is 0 Å². The van der Waals surface area contributed by atoms with E-state index in [-0.39, 0.29) is 0 Å². The minimum absolute atomic E-state index is 0.604. The SMILES string of the molecule is CCCCCCCCCCCCCCCCC(C(CCCCCCCCCCCCC)Cc1ccccc1)[n+]1cc[nH]c1. The Bertz CT molecular complexity index is 798. The normalized spacial score (nSPS) is 13.0.